The van der Waals surface area contributed by atoms with E-state index < -0.39 is 0 Å². The Morgan fingerprint density at radius 2 is 2.10 bits per heavy atom. The van der Waals surface area contributed by atoms with Gasteiger partial charge in [-0.1, -0.05) is 30.3 Å². The number of carbonyl (C=O) groups is 1. The minimum atomic E-state index is -0.0263. The van der Waals surface area contributed by atoms with Crippen LogP contribution in [-0.4, -0.2) is 35.9 Å². The molecule has 4 nitrogen and oxygen atoms in total. The van der Waals surface area contributed by atoms with Crippen LogP contribution in [0.4, 0.5) is 5.13 Å². The highest BCUT2D eigenvalue weighted by Crippen LogP contribution is 2.33. The number of benzene rings is 1. The van der Waals surface area contributed by atoms with Gasteiger partial charge in [0.2, 0.25) is 5.91 Å². The summed E-state index contributed by atoms with van der Waals surface area (Å²) in [6, 6.07) is 10.3. The van der Waals surface area contributed by atoms with E-state index in [2.05, 4.69) is 34.4 Å². The molecule has 0 aliphatic carbocycles. The van der Waals surface area contributed by atoms with E-state index in [9.17, 15) is 4.79 Å². The minimum absolute atomic E-state index is 0.0263. The normalized spacial score (nSPS) is 22.4. The van der Waals surface area contributed by atoms with Crippen LogP contribution in [-0.2, 0) is 4.79 Å². The number of hydrogen-bond acceptors (Lipinski definition) is 4. The minimum Gasteiger partial charge on any atom is -0.305 e. The summed E-state index contributed by atoms with van der Waals surface area (Å²) in [7, 11) is 2.07. The number of thiazole rings is 1. The molecule has 0 bridgehead atoms. The molecule has 0 unspecified atom stereocenters. The van der Waals surface area contributed by atoms with E-state index in [1.807, 2.05) is 25.1 Å². The maximum absolute atomic E-state index is 12.6. The van der Waals surface area contributed by atoms with Crippen LogP contribution in [0.3, 0.4) is 0 Å². The number of rotatable bonds is 3. The molecule has 5 heteroatoms. The Kier molecular flexibility index (Phi) is 4.03. The molecule has 2 heterocycles. The molecule has 2 aromatic rings. The molecule has 21 heavy (non-hydrogen) atoms. The number of aromatic nitrogens is 1. The lowest BCUT2D eigenvalue weighted by Crippen LogP contribution is -2.28. The fourth-order valence-corrected chi connectivity index (χ4v) is 3.58. The number of amides is 1. The number of carbonyl (C=O) groups excluding carboxylic acids is 1. The zero-order chi connectivity index (χ0) is 14.8. The summed E-state index contributed by atoms with van der Waals surface area (Å²) in [5, 5.41) is 3.66. The van der Waals surface area contributed by atoms with Crippen molar-refractivity contribution in [3.63, 3.8) is 0 Å². The summed E-state index contributed by atoms with van der Waals surface area (Å²) in [5.74, 6) is 0.293. The first-order valence-corrected chi connectivity index (χ1v) is 7.92. The molecule has 0 spiro atoms. The summed E-state index contributed by atoms with van der Waals surface area (Å²) >= 11 is 1.52. The van der Waals surface area contributed by atoms with Crippen molar-refractivity contribution in [2.45, 2.75) is 12.8 Å². The largest absolute Gasteiger partial charge is 0.305 e. The summed E-state index contributed by atoms with van der Waals surface area (Å²) in [6.45, 7) is 3.69. The van der Waals surface area contributed by atoms with E-state index in [4.69, 9.17) is 0 Å². The van der Waals surface area contributed by atoms with Gasteiger partial charge in [-0.2, -0.15) is 0 Å². The van der Waals surface area contributed by atoms with Crippen LogP contribution in [0.25, 0.3) is 0 Å². The first kappa shape index (κ1) is 14.2. The Bertz CT molecular complexity index is 625. The molecule has 1 saturated heterocycles. The molecule has 1 N–H and O–H groups in total. The summed E-state index contributed by atoms with van der Waals surface area (Å²) in [4.78, 5) is 20.1. The molecule has 1 aliphatic rings. The first-order chi connectivity index (χ1) is 10.1. The van der Waals surface area contributed by atoms with Crippen LogP contribution in [0.5, 0.6) is 0 Å². The summed E-state index contributed by atoms with van der Waals surface area (Å²) in [5.41, 5.74) is 1.23. The number of likely N-dealkylation sites (N-methyl/N-ethyl adjacent to an activating group) is 1. The van der Waals surface area contributed by atoms with Crippen LogP contribution in [0.15, 0.2) is 36.5 Å². The van der Waals surface area contributed by atoms with E-state index in [1.165, 1.54) is 16.9 Å². The molecule has 1 aliphatic heterocycles. The second kappa shape index (κ2) is 5.95. The topological polar surface area (TPSA) is 45.2 Å². The zero-order valence-corrected chi connectivity index (χ0v) is 13.1. The Labute approximate surface area is 128 Å². The predicted octanol–water partition coefficient (Wildman–Crippen LogP) is 2.74. The number of nitrogens with one attached hydrogen (secondary N) is 1. The molecule has 2 atom stereocenters. The van der Waals surface area contributed by atoms with Crippen LogP contribution in [0.2, 0.25) is 0 Å². The highest BCUT2D eigenvalue weighted by molar-refractivity contribution is 7.15. The van der Waals surface area contributed by atoms with Crippen LogP contribution < -0.4 is 5.32 Å². The lowest BCUT2D eigenvalue weighted by Gasteiger charge is -2.17. The van der Waals surface area contributed by atoms with Crippen molar-refractivity contribution in [2.24, 2.45) is 5.92 Å². The van der Waals surface area contributed by atoms with Crippen molar-refractivity contribution in [2.75, 3.05) is 25.5 Å². The number of anilines is 1. The van der Waals surface area contributed by atoms with E-state index in [1.54, 1.807) is 6.20 Å². The second-order valence-corrected chi connectivity index (χ2v) is 6.84. The highest BCUT2D eigenvalue weighted by Gasteiger charge is 2.37. The third kappa shape index (κ3) is 3.14. The molecular formula is C16H19N3OS. The van der Waals surface area contributed by atoms with Gasteiger partial charge in [-0.3, -0.25) is 4.79 Å². The average Bonchev–Trinajstić information content (AvgIpc) is 3.06. The highest BCUT2D eigenvalue weighted by atomic mass is 32.1. The Hall–Kier alpha value is -1.72. The van der Waals surface area contributed by atoms with Crippen molar-refractivity contribution in [3.05, 3.63) is 47.0 Å². The Morgan fingerprint density at radius 1 is 1.33 bits per heavy atom. The monoisotopic (exact) mass is 301 g/mol. The van der Waals surface area contributed by atoms with Gasteiger partial charge in [-0.15, -0.1) is 11.3 Å². The number of hydrogen-bond donors (Lipinski definition) is 1. The van der Waals surface area contributed by atoms with Crippen molar-refractivity contribution in [1.29, 1.82) is 0 Å². The number of nitrogens with zero attached hydrogens (tertiary/aromatic N) is 2. The van der Waals surface area contributed by atoms with Gasteiger partial charge in [0, 0.05) is 30.1 Å². The van der Waals surface area contributed by atoms with Crippen molar-refractivity contribution < 1.29 is 4.79 Å². The number of aryl methyl sites for hydroxylation is 1. The molecule has 1 amide bonds. The SMILES string of the molecule is Cc1cnc(NC(=O)[C@H]2CN(C)C[C@@H]2c2ccccc2)s1. The lowest BCUT2D eigenvalue weighted by atomic mass is 9.88. The number of likely N-dealkylation sites (tertiary alicyclic amines) is 1. The molecule has 1 fully saturated rings. The molecular weight excluding hydrogens is 282 g/mol. The van der Waals surface area contributed by atoms with Crippen LogP contribution in [0, 0.1) is 12.8 Å². The molecule has 110 valence electrons. The molecule has 1 aromatic carbocycles. The van der Waals surface area contributed by atoms with E-state index in [-0.39, 0.29) is 17.7 Å². The van der Waals surface area contributed by atoms with Gasteiger partial charge in [0.15, 0.2) is 5.13 Å². The van der Waals surface area contributed by atoms with Crippen LogP contribution >= 0.6 is 11.3 Å². The van der Waals surface area contributed by atoms with Crippen molar-refractivity contribution in [3.8, 4) is 0 Å². The van der Waals surface area contributed by atoms with E-state index >= 15 is 0 Å². The van der Waals surface area contributed by atoms with E-state index in [0.29, 0.717) is 5.13 Å². The first-order valence-electron chi connectivity index (χ1n) is 7.10. The molecule has 0 saturated carbocycles. The maximum atomic E-state index is 12.6. The third-order valence-electron chi connectivity index (χ3n) is 3.92. The Morgan fingerprint density at radius 3 is 2.76 bits per heavy atom. The fourth-order valence-electron chi connectivity index (χ4n) is 2.91. The molecule has 3 rings (SSSR count). The van der Waals surface area contributed by atoms with Gasteiger partial charge in [-0.05, 0) is 19.5 Å². The van der Waals surface area contributed by atoms with Crippen molar-refractivity contribution in [1.82, 2.24) is 9.88 Å². The standard InChI is InChI=1S/C16H19N3OS/c1-11-8-17-16(21-11)18-15(20)14-10-19(2)9-13(14)12-6-4-3-5-7-12/h3-8,13-14H,9-10H2,1-2H3,(H,17,18,20)/t13-,14+/m1/s1. The van der Waals surface area contributed by atoms with E-state index in [0.717, 1.165) is 18.0 Å². The predicted molar refractivity (Wildman–Crippen MR) is 85.7 cm³/mol. The van der Waals surface area contributed by atoms with Gasteiger partial charge in [0.25, 0.3) is 0 Å². The molecule has 1 aromatic heterocycles. The van der Waals surface area contributed by atoms with Gasteiger partial charge in [0.05, 0.1) is 5.92 Å². The van der Waals surface area contributed by atoms with Gasteiger partial charge < -0.3 is 10.2 Å². The van der Waals surface area contributed by atoms with Gasteiger partial charge in [-0.25, -0.2) is 4.98 Å². The van der Waals surface area contributed by atoms with Gasteiger partial charge >= 0.3 is 0 Å². The smallest absolute Gasteiger partial charge is 0.231 e. The average molecular weight is 301 g/mol. The second-order valence-electron chi connectivity index (χ2n) is 5.61. The Balaban J connectivity index is 1.77. The lowest BCUT2D eigenvalue weighted by molar-refractivity contribution is -0.119. The third-order valence-corrected chi connectivity index (χ3v) is 4.75. The molecule has 0 radical (unpaired) electrons. The maximum Gasteiger partial charge on any atom is 0.231 e. The van der Waals surface area contributed by atoms with Gasteiger partial charge in [0.1, 0.15) is 0 Å². The summed E-state index contributed by atoms with van der Waals surface area (Å²) < 4.78 is 0. The zero-order valence-electron chi connectivity index (χ0n) is 12.2. The quantitative estimate of drug-likeness (QED) is 0.948. The summed E-state index contributed by atoms with van der Waals surface area (Å²) in [6.07, 6.45) is 1.79. The van der Waals surface area contributed by atoms with Crippen molar-refractivity contribution >= 4 is 22.4 Å². The fraction of sp³-hybridized carbons (Fsp3) is 0.375. The van der Waals surface area contributed by atoms with Crippen LogP contribution in [0.1, 0.15) is 16.4 Å².